The van der Waals surface area contributed by atoms with Crippen molar-refractivity contribution in [2.24, 2.45) is 0 Å². The van der Waals surface area contributed by atoms with Crippen LogP contribution in [0.4, 0.5) is 0 Å². The molecule has 0 bridgehead atoms. The lowest BCUT2D eigenvalue weighted by molar-refractivity contribution is 0.0429. The third-order valence-electron chi connectivity index (χ3n) is 7.29. The van der Waals surface area contributed by atoms with Gasteiger partial charge in [0.25, 0.3) is 0 Å². The summed E-state index contributed by atoms with van der Waals surface area (Å²) in [4.78, 5) is 26.3. The van der Waals surface area contributed by atoms with Crippen molar-refractivity contribution in [1.29, 1.82) is 0 Å². The molecule has 2 rings (SSSR count). The van der Waals surface area contributed by atoms with E-state index in [0.717, 1.165) is 32.1 Å². The lowest BCUT2D eigenvalue weighted by Crippen LogP contribution is -2.27. The van der Waals surface area contributed by atoms with Gasteiger partial charge in [-0.1, -0.05) is 34.9 Å². The van der Waals surface area contributed by atoms with E-state index in [1.807, 2.05) is 6.92 Å². The van der Waals surface area contributed by atoms with Gasteiger partial charge in [0.05, 0.1) is 19.8 Å². The number of carbonyl (C=O) groups is 2. The highest BCUT2D eigenvalue weighted by Crippen LogP contribution is 2.37. The molecule has 0 spiro atoms. The normalized spacial score (nSPS) is 15.8. The third-order valence-corrected chi connectivity index (χ3v) is 7.29. The largest absolute Gasteiger partial charge is 0.493 e. The van der Waals surface area contributed by atoms with Gasteiger partial charge in [0.2, 0.25) is 0 Å². The van der Waals surface area contributed by atoms with Crippen LogP contribution >= 0.6 is 0 Å². The van der Waals surface area contributed by atoms with Crippen molar-refractivity contribution >= 4 is 11.6 Å². The van der Waals surface area contributed by atoms with Crippen molar-refractivity contribution in [3.05, 3.63) is 69.4 Å². The van der Waals surface area contributed by atoms with E-state index in [-0.39, 0.29) is 11.6 Å². The molecule has 1 unspecified atom stereocenters. The van der Waals surface area contributed by atoms with Gasteiger partial charge in [0.15, 0.2) is 23.1 Å². The maximum Gasteiger partial charge on any atom is 0.190 e. The van der Waals surface area contributed by atoms with Crippen LogP contribution < -0.4 is 9.47 Å². The Balaban J connectivity index is 1.93. The fraction of sp³-hybridized carbons (Fsp3) is 0.515. The number of aliphatic hydroxyl groups is 1. The van der Waals surface area contributed by atoms with Crippen LogP contribution in [0.2, 0.25) is 0 Å². The number of Topliss-reactive ketones (excluding diaryl/α,β-unsaturated/α-hetero) is 2. The summed E-state index contributed by atoms with van der Waals surface area (Å²) in [6, 6.07) is 3.15. The van der Waals surface area contributed by atoms with Crippen LogP contribution in [0.5, 0.6) is 11.5 Å². The summed E-state index contributed by atoms with van der Waals surface area (Å²) < 4.78 is 10.6. The Bertz CT molecular complexity index is 1140. The number of allylic oxidation sites excluding steroid dienone is 8. The van der Waals surface area contributed by atoms with Crippen LogP contribution in [-0.4, -0.2) is 36.5 Å². The van der Waals surface area contributed by atoms with E-state index in [1.165, 1.54) is 30.9 Å². The highest BCUT2D eigenvalue weighted by molar-refractivity contribution is 6.27. The van der Waals surface area contributed by atoms with E-state index in [1.54, 1.807) is 19.1 Å². The molecule has 0 fully saturated rings. The zero-order valence-corrected chi connectivity index (χ0v) is 24.6. The van der Waals surface area contributed by atoms with Gasteiger partial charge in [-0.3, -0.25) is 9.59 Å². The minimum absolute atomic E-state index is 0.185. The lowest BCUT2D eigenvalue weighted by Gasteiger charge is -2.26. The Morgan fingerprint density at radius 2 is 1.32 bits per heavy atom. The highest BCUT2D eigenvalue weighted by atomic mass is 16.5. The molecule has 5 nitrogen and oxygen atoms in total. The van der Waals surface area contributed by atoms with Crippen LogP contribution in [0.3, 0.4) is 0 Å². The van der Waals surface area contributed by atoms with Gasteiger partial charge in [-0.2, -0.15) is 0 Å². The predicted molar refractivity (Wildman–Crippen MR) is 155 cm³/mol. The van der Waals surface area contributed by atoms with Crippen LogP contribution in [0, 0.1) is 0 Å². The molecule has 208 valence electrons. The second-order valence-corrected chi connectivity index (χ2v) is 11.0. The summed E-state index contributed by atoms with van der Waals surface area (Å²) >= 11 is 0. The minimum Gasteiger partial charge on any atom is -0.493 e. The molecule has 0 amide bonds. The molecule has 1 aliphatic rings. The Labute approximate surface area is 229 Å². The molecule has 0 aliphatic heterocycles. The summed E-state index contributed by atoms with van der Waals surface area (Å²) in [5.74, 6) is 0.458. The van der Waals surface area contributed by atoms with Crippen LogP contribution in [0.15, 0.2) is 58.2 Å². The molecule has 1 aromatic rings. The van der Waals surface area contributed by atoms with E-state index in [9.17, 15) is 14.7 Å². The molecule has 1 N–H and O–H groups in total. The van der Waals surface area contributed by atoms with Gasteiger partial charge in [0.1, 0.15) is 0 Å². The molecular formula is C33H46O5. The van der Waals surface area contributed by atoms with E-state index in [2.05, 4.69) is 45.9 Å². The number of benzene rings is 1. The molecule has 0 saturated carbocycles. The van der Waals surface area contributed by atoms with E-state index in [0.29, 0.717) is 53.0 Å². The molecule has 5 heteroatoms. The number of ketones is 2. The molecule has 0 saturated heterocycles. The van der Waals surface area contributed by atoms with Crippen molar-refractivity contribution in [2.75, 3.05) is 14.2 Å². The van der Waals surface area contributed by atoms with Crippen LogP contribution in [0.1, 0.15) is 114 Å². The zero-order valence-electron chi connectivity index (χ0n) is 24.6. The topological polar surface area (TPSA) is 72.8 Å². The molecule has 1 aliphatic carbocycles. The van der Waals surface area contributed by atoms with E-state index in [4.69, 9.17) is 9.47 Å². The van der Waals surface area contributed by atoms with Crippen molar-refractivity contribution in [1.82, 2.24) is 0 Å². The molecule has 1 aromatic carbocycles. The van der Waals surface area contributed by atoms with Gasteiger partial charge in [-0.15, -0.1) is 0 Å². The van der Waals surface area contributed by atoms with E-state index < -0.39 is 5.60 Å². The first-order valence-corrected chi connectivity index (χ1v) is 13.6. The van der Waals surface area contributed by atoms with Gasteiger partial charge in [-0.05, 0) is 105 Å². The van der Waals surface area contributed by atoms with Crippen molar-refractivity contribution in [2.45, 2.75) is 98.5 Å². The average molecular weight is 523 g/mol. The fourth-order valence-corrected chi connectivity index (χ4v) is 4.72. The molecular weight excluding hydrogens is 476 g/mol. The molecule has 0 aromatic heterocycles. The van der Waals surface area contributed by atoms with Gasteiger partial charge in [-0.25, -0.2) is 0 Å². The summed E-state index contributed by atoms with van der Waals surface area (Å²) in [7, 11) is 3.00. The summed E-state index contributed by atoms with van der Waals surface area (Å²) in [6.45, 7) is 12.1. The monoisotopic (exact) mass is 522 g/mol. The standard InChI is InChI=1S/C33H46O5/c1-22(2)12-9-13-23(3)14-10-15-24(4)16-11-18-33(6,36)19-17-26-25(5)31(34)27-20-29(37-7)30(38-8)21-28(27)32(26)35/h12,14,16,20-21,36H,9-11,13,15,17-19H2,1-8H3/b23-14+,24-16+. The number of ether oxygens (including phenoxy) is 2. The Morgan fingerprint density at radius 3 is 1.84 bits per heavy atom. The number of methoxy groups -OCH3 is 2. The van der Waals surface area contributed by atoms with Gasteiger partial charge < -0.3 is 14.6 Å². The number of hydrogen-bond acceptors (Lipinski definition) is 5. The summed E-state index contributed by atoms with van der Waals surface area (Å²) in [5, 5.41) is 11.0. The number of carbonyl (C=O) groups excluding carboxylic acids is 2. The Kier molecular flexibility index (Phi) is 11.8. The summed E-state index contributed by atoms with van der Waals surface area (Å²) in [5.41, 5.74) is 4.74. The smallest absolute Gasteiger partial charge is 0.190 e. The second-order valence-electron chi connectivity index (χ2n) is 11.0. The first kappa shape index (κ1) is 31.3. The minimum atomic E-state index is -0.938. The first-order valence-electron chi connectivity index (χ1n) is 13.6. The number of hydrogen-bond donors (Lipinski definition) is 1. The molecule has 0 heterocycles. The van der Waals surface area contributed by atoms with Crippen LogP contribution in [-0.2, 0) is 0 Å². The van der Waals surface area contributed by atoms with Crippen LogP contribution in [0.25, 0.3) is 0 Å². The fourth-order valence-electron chi connectivity index (χ4n) is 4.72. The van der Waals surface area contributed by atoms with Gasteiger partial charge >= 0.3 is 0 Å². The van der Waals surface area contributed by atoms with E-state index >= 15 is 0 Å². The zero-order chi connectivity index (χ0) is 28.5. The van der Waals surface area contributed by atoms with Crippen molar-refractivity contribution < 1.29 is 24.2 Å². The third kappa shape index (κ3) is 8.83. The Morgan fingerprint density at radius 1 is 0.816 bits per heavy atom. The average Bonchev–Trinajstić information content (AvgIpc) is 2.86. The molecule has 1 atom stereocenters. The van der Waals surface area contributed by atoms with Crippen molar-refractivity contribution in [3.63, 3.8) is 0 Å². The van der Waals surface area contributed by atoms with Gasteiger partial charge in [0, 0.05) is 22.3 Å². The number of rotatable bonds is 14. The maximum absolute atomic E-state index is 13.3. The van der Waals surface area contributed by atoms with Crippen molar-refractivity contribution in [3.8, 4) is 11.5 Å². The SMILES string of the molecule is COc1cc2c(cc1OC)C(=O)C(CCC(C)(O)CC/C=C(\C)CC/C=C(\C)CCC=C(C)C)=C(C)C2=O. The Hall–Kier alpha value is -2.92. The summed E-state index contributed by atoms with van der Waals surface area (Å²) in [6.07, 6.45) is 13.2. The number of fused-ring (bicyclic) bond motifs is 1. The molecule has 0 radical (unpaired) electrons. The quantitative estimate of drug-likeness (QED) is 0.250. The molecule has 38 heavy (non-hydrogen) atoms. The first-order chi connectivity index (χ1) is 17.9. The highest BCUT2D eigenvalue weighted by Gasteiger charge is 2.32. The lowest BCUT2D eigenvalue weighted by atomic mass is 9.80. The predicted octanol–water partition coefficient (Wildman–Crippen LogP) is 8.13. The maximum atomic E-state index is 13.3. The second kappa shape index (κ2) is 14.3.